The van der Waals surface area contributed by atoms with Gasteiger partial charge in [0.05, 0.1) is 5.69 Å². The zero-order valence-electron chi connectivity index (χ0n) is 11.6. The minimum atomic E-state index is -0.322. The monoisotopic (exact) mass is 289 g/mol. The normalized spacial score (nSPS) is 15.8. The minimum Gasteiger partial charge on any atom is -0.490 e. The van der Waals surface area contributed by atoms with Gasteiger partial charge in [-0.1, -0.05) is 0 Å². The molecule has 0 aliphatic carbocycles. The van der Waals surface area contributed by atoms with E-state index in [1.807, 2.05) is 23.1 Å². The molecule has 0 atom stereocenters. The molecule has 7 nitrogen and oxygen atoms in total. The van der Waals surface area contributed by atoms with Gasteiger partial charge in [-0.15, -0.1) is 0 Å². The first kappa shape index (κ1) is 13.4. The van der Waals surface area contributed by atoms with Gasteiger partial charge in [-0.25, -0.2) is 4.99 Å². The van der Waals surface area contributed by atoms with Crippen molar-refractivity contribution in [3.63, 3.8) is 0 Å². The fourth-order valence-electron chi connectivity index (χ4n) is 2.27. The summed E-state index contributed by atoms with van der Waals surface area (Å²) in [4.78, 5) is 28.3. The van der Waals surface area contributed by atoms with Crippen molar-refractivity contribution in [1.29, 1.82) is 0 Å². The lowest BCUT2D eigenvalue weighted by atomic mass is 10.1. The lowest BCUT2D eigenvalue weighted by molar-refractivity contribution is -0.141. The SMILES string of the molecule is CC(=O)OCCOc1ccc2c(c1)CN1CC(=O)NC1=N2. The molecule has 0 spiro atoms. The van der Waals surface area contributed by atoms with Crippen molar-refractivity contribution >= 4 is 23.5 Å². The number of benzene rings is 1. The first-order valence-electron chi connectivity index (χ1n) is 6.64. The Bertz CT molecular complexity index is 627. The van der Waals surface area contributed by atoms with Crippen LogP contribution in [-0.4, -0.2) is 42.5 Å². The van der Waals surface area contributed by atoms with E-state index < -0.39 is 0 Å². The second-order valence-electron chi connectivity index (χ2n) is 4.82. The first-order valence-corrected chi connectivity index (χ1v) is 6.64. The average molecular weight is 289 g/mol. The Morgan fingerprint density at radius 3 is 3.05 bits per heavy atom. The number of esters is 1. The second-order valence-corrected chi connectivity index (χ2v) is 4.82. The molecule has 7 heteroatoms. The molecule has 21 heavy (non-hydrogen) atoms. The van der Waals surface area contributed by atoms with Crippen LogP contribution < -0.4 is 10.1 Å². The van der Waals surface area contributed by atoms with Gasteiger partial charge >= 0.3 is 5.97 Å². The third kappa shape index (κ3) is 2.96. The summed E-state index contributed by atoms with van der Waals surface area (Å²) in [5.74, 6) is 0.936. The molecule has 0 saturated carbocycles. The van der Waals surface area contributed by atoms with Crippen molar-refractivity contribution in [2.75, 3.05) is 19.8 Å². The van der Waals surface area contributed by atoms with Crippen molar-refractivity contribution < 1.29 is 19.1 Å². The number of nitrogens with zero attached hydrogens (tertiary/aromatic N) is 2. The first-order chi connectivity index (χ1) is 10.1. The number of hydrogen-bond acceptors (Lipinski definition) is 6. The number of guanidine groups is 1. The molecule has 0 unspecified atom stereocenters. The quantitative estimate of drug-likeness (QED) is 0.647. The number of rotatable bonds is 4. The predicted octanol–water partition coefficient (Wildman–Crippen LogP) is 0.561. The molecule has 2 aliphatic heterocycles. The van der Waals surface area contributed by atoms with Gasteiger partial charge in [0, 0.05) is 19.0 Å². The molecule has 2 aliphatic rings. The molecule has 1 saturated heterocycles. The van der Waals surface area contributed by atoms with E-state index in [0.29, 0.717) is 31.4 Å². The molecule has 0 aromatic heterocycles. The number of aliphatic imine (C=N–C) groups is 1. The van der Waals surface area contributed by atoms with Gasteiger partial charge < -0.3 is 14.4 Å². The van der Waals surface area contributed by atoms with Gasteiger partial charge in [-0.3, -0.25) is 14.9 Å². The number of nitrogens with one attached hydrogen (secondary N) is 1. The highest BCUT2D eigenvalue weighted by Gasteiger charge is 2.29. The molecule has 1 amide bonds. The van der Waals surface area contributed by atoms with E-state index in [-0.39, 0.29) is 18.5 Å². The van der Waals surface area contributed by atoms with Crippen LogP contribution in [0.4, 0.5) is 5.69 Å². The van der Waals surface area contributed by atoms with Gasteiger partial charge in [-0.05, 0) is 18.2 Å². The Morgan fingerprint density at radius 1 is 1.38 bits per heavy atom. The van der Waals surface area contributed by atoms with Crippen LogP contribution in [0.1, 0.15) is 12.5 Å². The zero-order valence-corrected chi connectivity index (χ0v) is 11.6. The van der Waals surface area contributed by atoms with Crippen LogP contribution in [0.2, 0.25) is 0 Å². The fourth-order valence-corrected chi connectivity index (χ4v) is 2.27. The van der Waals surface area contributed by atoms with Gasteiger partial charge in [0.15, 0.2) is 0 Å². The molecule has 1 aromatic rings. The number of hydrogen-bond donors (Lipinski definition) is 1. The smallest absolute Gasteiger partial charge is 0.302 e. The largest absolute Gasteiger partial charge is 0.490 e. The molecule has 1 N–H and O–H groups in total. The van der Waals surface area contributed by atoms with Gasteiger partial charge in [0.1, 0.15) is 25.5 Å². The number of carbonyl (C=O) groups excluding carboxylic acids is 2. The summed E-state index contributed by atoms with van der Waals surface area (Å²) in [7, 11) is 0. The van der Waals surface area contributed by atoms with Crippen LogP contribution in [0.5, 0.6) is 5.75 Å². The van der Waals surface area contributed by atoms with Crippen molar-refractivity contribution in [1.82, 2.24) is 10.2 Å². The van der Waals surface area contributed by atoms with E-state index >= 15 is 0 Å². The molecular weight excluding hydrogens is 274 g/mol. The summed E-state index contributed by atoms with van der Waals surface area (Å²) in [6.07, 6.45) is 0. The number of carbonyl (C=O) groups is 2. The van der Waals surface area contributed by atoms with Crippen molar-refractivity contribution in [3.8, 4) is 5.75 Å². The predicted molar refractivity (Wildman–Crippen MR) is 74.2 cm³/mol. The standard InChI is InChI=1S/C14H15N3O4/c1-9(18)20-4-5-21-11-2-3-12-10(6-11)7-17-8-13(19)16-14(17)15-12/h2-3,6H,4-5,7-8H2,1H3,(H,15,16,19). The topological polar surface area (TPSA) is 80.2 Å². The number of fused-ring (bicyclic) bond motifs is 2. The molecular formula is C14H15N3O4. The molecule has 1 aromatic carbocycles. The van der Waals surface area contributed by atoms with Crippen LogP contribution >= 0.6 is 0 Å². The van der Waals surface area contributed by atoms with E-state index in [0.717, 1.165) is 11.3 Å². The Labute approximate surface area is 121 Å². The summed E-state index contributed by atoms with van der Waals surface area (Å²) in [6.45, 7) is 2.83. The second kappa shape index (κ2) is 5.43. The minimum absolute atomic E-state index is 0.0422. The molecule has 1 fully saturated rings. The Morgan fingerprint density at radius 2 is 2.24 bits per heavy atom. The maximum Gasteiger partial charge on any atom is 0.302 e. The number of amides is 1. The van der Waals surface area contributed by atoms with Crippen LogP contribution in [0.25, 0.3) is 0 Å². The van der Waals surface area contributed by atoms with Crippen molar-refractivity contribution in [2.24, 2.45) is 4.99 Å². The van der Waals surface area contributed by atoms with Crippen LogP contribution in [0, 0.1) is 0 Å². The third-order valence-electron chi connectivity index (χ3n) is 3.18. The van der Waals surface area contributed by atoms with Crippen LogP contribution in [0.15, 0.2) is 23.2 Å². The van der Waals surface area contributed by atoms with E-state index in [1.165, 1.54) is 6.92 Å². The maximum absolute atomic E-state index is 11.4. The van der Waals surface area contributed by atoms with Gasteiger partial charge in [0.25, 0.3) is 0 Å². The van der Waals surface area contributed by atoms with E-state index in [4.69, 9.17) is 9.47 Å². The highest BCUT2D eigenvalue weighted by Crippen LogP contribution is 2.30. The molecule has 3 rings (SSSR count). The van der Waals surface area contributed by atoms with Crippen LogP contribution in [-0.2, 0) is 20.9 Å². The summed E-state index contributed by atoms with van der Waals surface area (Å²) >= 11 is 0. The van der Waals surface area contributed by atoms with E-state index in [9.17, 15) is 9.59 Å². The highest BCUT2D eigenvalue weighted by atomic mass is 16.6. The highest BCUT2D eigenvalue weighted by molar-refractivity contribution is 6.05. The van der Waals surface area contributed by atoms with Crippen molar-refractivity contribution in [2.45, 2.75) is 13.5 Å². The van der Waals surface area contributed by atoms with Gasteiger partial charge in [0.2, 0.25) is 11.9 Å². The lowest BCUT2D eigenvalue weighted by Gasteiger charge is -2.23. The lowest BCUT2D eigenvalue weighted by Crippen LogP contribution is -2.32. The number of ether oxygens (including phenoxy) is 2. The molecule has 0 radical (unpaired) electrons. The molecule has 110 valence electrons. The molecule has 2 heterocycles. The maximum atomic E-state index is 11.4. The van der Waals surface area contributed by atoms with Crippen molar-refractivity contribution in [3.05, 3.63) is 23.8 Å². The van der Waals surface area contributed by atoms with Gasteiger partial charge in [-0.2, -0.15) is 0 Å². The summed E-state index contributed by atoms with van der Waals surface area (Å²) in [6, 6.07) is 5.56. The van der Waals surface area contributed by atoms with Crippen LogP contribution in [0.3, 0.4) is 0 Å². The van der Waals surface area contributed by atoms with E-state index in [1.54, 1.807) is 0 Å². The summed E-state index contributed by atoms with van der Waals surface area (Å²) < 4.78 is 10.3. The Balaban J connectivity index is 1.66. The Hall–Kier alpha value is -2.57. The third-order valence-corrected chi connectivity index (χ3v) is 3.18. The Kier molecular flexibility index (Phi) is 3.47. The summed E-state index contributed by atoms with van der Waals surface area (Å²) in [5, 5.41) is 2.72. The fraction of sp³-hybridized carbons (Fsp3) is 0.357. The van der Waals surface area contributed by atoms with E-state index in [2.05, 4.69) is 10.3 Å². The summed E-state index contributed by atoms with van der Waals surface area (Å²) in [5.41, 5.74) is 1.83. The average Bonchev–Trinajstić information content (AvgIpc) is 2.79. The molecule has 0 bridgehead atoms. The zero-order chi connectivity index (χ0) is 14.8.